The van der Waals surface area contributed by atoms with Crippen LogP contribution in [0.2, 0.25) is 0 Å². The van der Waals surface area contributed by atoms with Crippen molar-refractivity contribution in [1.29, 1.82) is 0 Å². The van der Waals surface area contributed by atoms with E-state index in [1.54, 1.807) is 12.0 Å². The third-order valence-corrected chi connectivity index (χ3v) is 5.92. The van der Waals surface area contributed by atoms with Crippen LogP contribution in [-0.4, -0.2) is 78.9 Å². The van der Waals surface area contributed by atoms with Crippen LogP contribution in [0.1, 0.15) is 52.4 Å². The van der Waals surface area contributed by atoms with Gasteiger partial charge in [-0.05, 0) is 57.5 Å². The fraction of sp³-hybridized carbons (Fsp3) is 0.900. The van der Waals surface area contributed by atoms with Gasteiger partial charge in [0.15, 0.2) is 0 Å². The Balaban J connectivity index is 1.88. The first-order chi connectivity index (χ1) is 12.9. The first-order valence-electron chi connectivity index (χ1n) is 10.4. The standard InChI is InChI=1S/C20H37N3O4/c1-15(2)14-21-19(24)16-6-10-22(11-7-16)17-5-4-9-23(20(25)26)18(13-17)8-12-27-3/h15-18H,4-14H2,1-3H3,(H,21,24)(H,25,26). The number of ether oxygens (including phenoxy) is 1. The largest absolute Gasteiger partial charge is 0.465 e. The van der Waals surface area contributed by atoms with Crippen molar-refractivity contribution in [3.05, 3.63) is 0 Å². The zero-order chi connectivity index (χ0) is 19.8. The molecule has 7 nitrogen and oxygen atoms in total. The molecule has 0 bridgehead atoms. The van der Waals surface area contributed by atoms with Gasteiger partial charge in [0.25, 0.3) is 0 Å². The third kappa shape index (κ3) is 6.64. The maximum Gasteiger partial charge on any atom is 0.407 e. The maximum atomic E-state index is 12.3. The lowest BCUT2D eigenvalue weighted by atomic mass is 9.92. The molecule has 0 spiro atoms. The summed E-state index contributed by atoms with van der Waals surface area (Å²) >= 11 is 0. The normalized spacial score (nSPS) is 25.4. The van der Waals surface area contributed by atoms with E-state index in [0.29, 0.717) is 25.1 Å². The second kappa shape index (κ2) is 10.9. The molecule has 0 aromatic carbocycles. The Morgan fingerprint density at radius 3 is 2.48 bits per heavy atom. The number of carbonyl (C=O) groups excluding carboxylic acids is 1. The first-order valence-corrected chi connectivity index (χ1v) is 10.4. The highest BCUT2D eigenvalue weighted by molar-refractivity contribution is 5.78. The predicted molar refractivity (Wildman–Crippen MR) is 105 cm³/mol. The highest BCUT2D eigenvalue weighted by Crippen LogP contribution is 2.27. The summed E-state index contributed by atoms with van der Waals surface area (Å²) in [7, 11) is 1.66. The average Bonchev–Trinajstić information content (AvgIpc) is 2.87. The number of methoxy groups -OCH3 is 1. The zero-order valence-electron chi connectivity index (χ0n) is 17.2. The molecule has 2 heterocycles. The topological polar surface area (TPSA) is 82.1 Å². The lowest BCUT2D eigenvalue weighted by molar-refractivity contribution is -0.126. The maximum absolute atomic E-state index is 12.3. The number of nitrogens with one attached hydrogen (secondary N) is 1. The Bertz CT molecular complexity index is 478. The molecule has 2 N–H and O–H groups in total. The minimum Gasteiger partial charge on any atom is -0.465 e. The van der Waals surface area contributed by atoms with Gasteiger partial charge in [-0.3, -0.25) is 4.79 Å². The van der Waals surface area contributed by atoms with E-state index in [9.17, 15) is 14.7 Å². The summed E-state index contributed by atoms with van der Waals surface area (Å²) in [5, 5.41) is 12.6. The van der Waals surface area contributed by atoms with Crippen molar-refractivity contribution in [3.8, 4) is 0 Å². The molecule has 0 aromatic rings. The molecular formula is C20H37N3O4. The lowest BCUT2D eigenvalue weighted by Gasteiger charge is -2.38. The van der Waals surface area contributed by atoms with E-state index < -0.39 is 6.09 Å². The summed E-state index contributed by atoms with van der Waals surface area (Å²) in [5.74, 6) is 0.783. The highest BCUT2D eigenvalue weighted by atomic mass is 16.5. The Labute approximate surface area is 163 Å². The summed E-state index contributed by atoms with van der Waals surface area (Å²) in [6, 6.07) is 0.415. The molecule has 2 saturated heterocycles. The molecule has 2 atom stereocenters. The Morgan fingerprint density at radius 2 is 1.89 bits per heavy atom. The van der Waals surface area contributed by atoms with E-state index in [0.717, 1.165) is 58.2 Å². The molecule has 0 radical (unpaired) electrons. The van der Waals surface area contributed by atoms with Crippen LogP contribution in [-0.2, 0) is 9.53 Å². The van der Waals surface area contributed by atoms with Gasteiger partial charge in [0, 0.05) is 44.8 Å². The minimum absolute atomic E-state index is 0.0158. The Kier molecular flexibility index (Phi) is 8.83. The number of hydrogen-bond acceptors (Lipinski definition) is 4. The highest BCUT2D eigenvalue weighted by Gasteiger charge is 2.34. The second-order valence-electron chi connectivity index (χ2n) is 8.39. The predicted octanol–water partition coefficient (Wildman–Crippen LogP) is 2.41. The van der Waals surface area contributed by atoms with E-state index >= 15 is 0 Å². The van der Waals surface area contributed by atoms with Crippen molar-refractivity contribution in [2.24, 2.45) is 11.8 Å². The number of hydrogen-bond donors (Lipinski definition) is 2. The van der Waals surface area contributed by atoms with Crippen LogP contribution < -0.4 is 5.32 Å². The average molecular weight is 384 g/mol. The third-order valence-electron chi connectivity index (χ3n) is 5.92. The van der Waals surface area contributed by atoms with Crippen molar-refractivity contribution in [3.63, 3.8) is 0 Å². The van der Waals surface area contributed by atoms with Gasteiger partial charge in [-0.15, -0.1) is 0 Å². The van der Waals surface area contributed by atoms with Crippen LogP contribution in [0.15, 0.2) is 0 Å². The van der Waals surface area contributed by atoms with Gasteiger partial charge in [-0.1, -0.05) is 13.8 Å². The van der Waals surface area contributed by atoms with Crippen LogP contribution in [0, 0.1) is 11.8 Å². The number of carboxylic acid groups (broad SMARTS) is 1. The fourth-order valence-corrected chi connectivity index (χ4v) is 4.33. The number of nitrogens with zero attached hydrogens (tertiary/aromatic N) is 2. The van der Waals surface area contributed by atoms with Gasteiger partial charge in [0.1, 0.15) is 0 Å². The molecule has 2 aliphatic rings. The van der Waals surface area contributed by atoms with E-state index in [1.807, 2.05) is 0 Å². The van der Waals surface area contributed by atoms with Gasteiger partial charge in [-0.2, -0.15) is 0 Å². The summed E-state index contributed by atoms with van der Waals surface area (Å²) in [6.07, 6.45) is 4.50. The lowest BCUT2D eigenvalue weighted by Crippen LogP contribution is -2.47. The summed E-state index contributed by atoms with van der Waals surface area (Å²) in [4.78, 5) is 28.0. The quantitative estimate of drug-likeness (QED) is 0.705. The molecular weight excluding hydrogens is 346 g/mol. The smallest absolute Gasteiger partial charge is 0.407 e. The van der Waals surface area contributed by atoms with Crippen LogP contribution in [0.3, 0.4) is 0 Å². The molecule has 0 saturated carbocycles. The number of amides is 2. The Morgan fingerprint density at radius 1 is 1.19 bits per heavy atom. The van der Waals surface area contributed by atoms with Crippen molar-refractivity contribution in [1.82, 2.24) is 15.1 Å². The van der Waals surface area contributed by atoms with E-state index in [-0.39, 0.29) is 17.9 Å². The molecule has 2 fully saturated rings. The van der Waals surface area contributed by atoms with Crippen LogP contribution >= 0.6 is 0 Å². The summed E-state index contributed by atoms with van der Waals surface area (Å²) < 4.78 is 5.20. The SMILES string of the molecule is COCCC1CC(N2CCC(C(=O)NCC(C)C)CC2)CCCN1C(=O)O. The van der Waals surface area contributed by atoms with Crippen molar-refractivity contribution < 1.29 is 19.4 Å². The molecule has 27 heavy (non-hydrogen) atoms. The van der Waals surface area contributed by atoms with Crippen molar-refractivity contribution in [2.45, 2.75) is 64.5 Å². The number of carbonyl (C=O) groups is 2. The Hall–Kier alpha value is -1.34. The van der Waals surface area contributed by atoms with Gasteiger partial charge in [0.05, 0.1) is 0 Å². The molecule has 2 rings (SSSR count). The first kappa shape index (κ1) is 22.0. The zero-order valence-corrected chi connectivity index (χ0v) is 17.2. The van der Waals surface area contributed by atoms with E-state index in [2.05, 4.69) is 24.1 Å². The molecule has 2 aliphatic heterocycles. The molecule has 0 aromatic heterocycles. The molecule has 2 amide bonds. The fourth-order valence-electron chi connectivity index (χ4n) is 4.33. The van der Waals surface area contributed by atoms with Crippen LogP contribution in [0.5, 0.6) is 0 Å². The second-order valence-corrected chi connectivity index (χ2v) is 8.39. The van der Waals surface area contributed by atoms with Gasteiger partial charge >= 0.3 is 6.09 Å². The number of piperidine rings is 1. The van der Waals surface area contributed by atoms with Crippen LogP contribution in [0.4, 0.5) is 4.79 Å². The number of rotatable bonds is 7. The number of likely N-dealkylation sites (tertiary alicyclic amines) is 2. The summed E-state index contributed by atoms with van der Waals surface area (Å²) in [5.41, 5.74) is 0. The molecule has 0 aliphatic carbocycles. The minimum atomic E-state index is -0.822. The monoisotopic (exact) mass is 383 g/mol. The summed E-state index contributed by atoms with van der Waals surface area (Å²) in [6.45, 7) is 8.00. The van der Waals surface area contributed by atoms with Gasteiger partial charge in [0.2, 0.25) is 5.91 Å². The van der Waals surface area contributed by atoms with Gasteiger partial charge in [-0.25, -0.2) is 4.79 Å². The van der Waals surface area contributed by atoms with Crippen molar-refractivity contribution in [2.75, 3.05) is 39.9 Å². The molecule has 156 valence electrons. The van der Waals surface area contributed by atoms with Crippen LogP contribution in [0.25, 0.3) is 0 Å². The van der Waals surface area contributed by atoms with E-state index in [4.69, 9.17) is 4.74 Å². The molecule has 7 heteroatoms. The van der Waals surface area contributed by atoms with Gasteiger partial charge < -0.3 is 25.0 Å². The molecule has 2 unspecified atom stereocenters. The van der Waals surface area contributed by atoms with E-state index in [1.165, 1.54) is 0 Å². The van der Waals surface area contributed by atoms with Crippen molar-refractivity contribution >= 4 is 12.0 Å².